The lowest BCUT2D eigenvalue weighted by atomic mass is 9.83. The Kier molecular flexibility index (Phi) is 5.45. The van der Waals surface area contributed by atoms with Crippen LogP contribution in [0.25, 0.3) is 0 Å². The van der Waals surface area contributed by atoms with E-state index in [0.717, 1.165) is 19.3 Å². The molecule has 4 unspecified atom stereocenters. The van der Waals surface area contributed by atoms with Crippen molar-refractivity contribution in [1.29, 1.82) is 0 Å². The molecule has 154 valence electrons. The first kappa shape index (κ1) is 20.3. The van der Waals surface area contributed by atoms with Gasteiger partial charge < -0.3 is 10.2 Å². The monoisotopic (exact) mass is 394 g/mol. The number of aromatic nitrogens is 2. The van der Waals surface area contributed by atoms with Crippen LogP contribution in [-0.4, -0.2) is 44.5 Å². The fourth-order valence-electron chi connectivity index (χ4n) is 4.94. The van der Waals surface area contributed by atoms with Crippen LogP contribution >= 0.6 is 0 Å². The van der Waals surface area contributed by atoms with E-state index >= 15 is 0 Å². The summed E-state index contributed by atoms with van der Waals surface area (Å²) in [6.07, 6.45) is 3.26. The Hall–Kier alpha value is -2.45. The Bertz CT molecular complexity index is 883. The first-order valence-electron chi connectivity index (χ1n) is 9.76. The van der Waals surface area contributed by atoms with Crippen LogP contribution in [0.3, 0.4) is 0 Å². The van der Waals surface area contributed by atoms with Gasteiger partial charge in [0.2, 0.25) is 11.7 Å². The van der Waals surface area contributed by atoms with Crippen LogP contribution in [0.2, 0.25) is 0 Å². The third-order valence-corrected chi connectivity index (χ3v) is 5.98. The molecule has 2 N–H and O–H groups in total. The summed E-state index contributed by atoms with van der Waals surface area (Å²) in [5.41, 5.74) is -2.19. The van der Waals surface area contributed by atoms with Crippen LogP contribution in [0, 0.1) is 23.6 Å². The summed E-state index contributed by atoms with van der Waals surface area (Å²) in [5, 5.41) is 2.77. The molecule has 1 aromatic rings. The van der Waals surface area contributed by atoms with E-state index in [1.54, 1.807) is 4.98 Å². The van der Waals surface area contributed by atoms with E-state index in [4.69, 9.17) is 0 Å². The zero-order valence-electron chi connectivity index (χ0n) is 16.6. The quantitative estimate of drug-likeness (QED) is 0.803. The maximum atomic E-state index is 13.5. The molecule has 2 amide bonds. The molecule has 8 nitrogen and oxygen atoms in total. The molecule has 9 heteroatoms. The van der Waals surface area contributed by atoms with Crippen LogP contribution in [0.5, 0.6) is 0 Å². The molecule has 2 saturated carbocycles. The van der Waals surface area contributed by atoms with Gasteiger partial charge in [0.1, 0.15) is 0 Å². The number of fused-ring (bicyclic) bond motifs is 2. The number of aromatic amines is 1. The van der Waals surface area contributed by atoms with Crippen LogP contribution in [0.1, 0.15) is 47.0 Å². The SMILES string of the molecule is CC(C)N(C(=O)C1C2CCC(C2)C1NC(=O)n1cc(F)c(=O)[nH]c1=O)C(C)C. The summed E-state index contributed by atoms with van der Waals surface area (Å²) in [4.78, 5) is 52.6. The average Bonchev–Trinajstić information content (AvgIpc) is 3.18. The number of hydrogen-bond donors (Lipinski definition) is 2. The Morgan fingerprint density at radius 2 is 1.79 bits per heavy atom. The summed E-state index contributed by atoms with van der Waals surface area (Å²) in [5.74, 6) is -1.25. The van der Waals surface area contributed by atoms with Crippen LogP contribution in [0.15, 0.2) is 15.8 Å². The van der Waals surface area contributed by atoms with Crippen molar-refractivity contribution in [2.75, 3.05) is 0 Å². The minimum atomic E-state index is -1.22. The van der Waals surface area contributed by atoms with Crippen molar-refractivity contribution in [3.63, 3.8) is 0 Å². The zero-order valence-corrected chi connectivity index (χ0v) is 16.6. The second-order valence-corrected chi connectivity index (χ2v) is 8.37. The Morgan fingerprint density at radius 3 is 2.39 bits per heavy atom. The highest BCUT2D eigenvalue weighted by Crippen LogP contribution is 2.49. The molecule has 0 aromatic carbocycles. The Balaban J connectivity index is 1.87. The van der Waals surface area contributed by atoms with Crippen molar-refractivity contribution in [2.45, 2.75) is 65.1 Å². The van der Waals surface area contributed by atoms with Gasteiger partial charge in [-0.15, -0.1) is 0 Å². The first-order valence-corrected chi connectivity index (χ1v) is 9.76. The van der Waals surface area contributed by atoms with Crippen LogP contribution < -0.4 is 16.6 Å². The number of hydrogen-bond acceptors (Lipinski definition) is 4. The first-order chi connectivity index (χ1) is 13.1. The van der Waals surface area contributed by atoms with Gasteiger partial charge in [-0.1, -0.05) is 0 Å². The second kappa shape index (κ2) is 7.52. The summed E-state index contributed by atoms with van der Waals surface area (Å²) >= 11 is 0. The highest BCUT2D eigenvalue weighted by Gasteiger charge is 2.52. The van der Waals surface area contributed by atoms with E-state index in [-0.39, 0.29) is 35.7 Å². The van der Waals surface area contributed by atoms with Crippen molar-refractivity contribution < 1.29 is 14.0 Å². The fourth-order valence-corrected chi connectivity index (χ4v) is 4.94. The van der Waals surface area contributed by atoms with Gasteiger partial charge in [-0.25, -0.2) is 14.2 Å². The van der Waals surface area contributed by atoms with Gasteiger partial charge in [0, 0.05) is 18.1 Å². The maximum absolute atomic E-state index is 13.5. The van der Waals surface area contributed by atoms with Crippen molar-refractivity contribution in [3.8, 4) is 0 Å². The summed E-state index contributed by atoms with van der Waals surface area (Å²) < 4.78 is 14.0. The summed E-state index contributed by atoms with van der Waals surface area (Å²) in [6.45, 7) is 7.84. The molecule has 3 rings (SSSR count). The molecule has 28 heavy (non-hydrogen) atoms. The van der Waals surface area contributed by atoms with Gasteiger partial charge >= 0.3 is 11.7 Å². The van der Waals surface area contributed by atoms with E-state index in [2.05, 4.69) is 5.32 Å². The number of nitrogens with zero attached hydrogens (tertiary/aromatic N) is 2. The number of carbonyl (C=O) groups excluding carboxylic acids is 2. The molecule has 0 saturated heterocycles. The van der Waals surface area contributed by atoms with Crippen LogP contribution in [-0.2, 0) is 4.79 Å². The van der Waals surface area contributed by atoms with E-state index in [1.165, 1.54) is 0 Å². The Labute approximate surface area is 162 Å². The molecular weight excluding hydrogens is 367 g/mol. The maximum Gasteiger partial charge on any atom is 0.336 e. The third-order valence-electron chi connectivity index (χ3n) is 5.98. The van der Waals surface area contributed by atoms with Gasteiger partial charge in [-0.2, -0.15) is 4.39 Å². The molecule has 2 bridgehead atoms. The molecule has 0 spiro atoms. The second-order valence-electron chi connectivity index (χ2n) is 8.37. The molecule has 0 aliphatic heterocycles. The lowest BCUT2D eigenvalue weighted by Crippen LogP contribution is -2.55. The fraction of sp³-hybridized carbons (Fsp3) is 0.684. The minimum absolute atomic E-state index is 0.00231. The van der Waals surface area contributed by atoms with Crippen LogP contribution in [0.4, 0.5) is 9.18 Å². The molecule has 2 aliphatic carbocycles. The molecule has 2 aliphatic rings. The largest absolute Gasteiger partial charge is 0.338 e. The smallest absolute Gasteiger partial charge is 0.336 e. The van der Waals surface area contributed by atoms with Crippen molar-refractivity contribution in [2.24, 2.45) is 17.8 Å². The molecular formula is C19H27FN4O4. The van der Waals surface area contributed by atoms with Crippen molar-refractivity contribution in [3.05, 3.63) is 32.9 Å². The normalized spacial score (nSPS) is 26.1. The predicted octanol–water partition coefficient (Wildman–Crippen LogP) is 1.29. The topological polar surface area (TPSA) is 104 Å². The molecule has 4 atom stereocenters. The highest BCUT2D eigenvalue weighted by molar-refractivity contribution is 5.83. The van der Waals surface area contributed by atoms with E-state index < -0.39 is 29.1 Å². The number of amides is 2. The number of H-pyrrole nitrogens is 1. The van der Waals surface area contributed by atoms with E-state index in [9.17, 15) is 23.6 Å². The van der Waals surface area contributed by atoms with Gasteiger partial charge in [0.05, 0.1) is 12.1 Å². The average molecular weight is 394 g/mol. The van der Waals surface area contributed by atoms with Crippen molar-refractivity contribution in [1.82, 2.24) is 19.8 Å². The predicted molar refractivity (Wildman–Crippen MR) is 100 cm³/mol. The van der Waals surface area contributed by atoms with Crippen molar-refractivity contribution >= 4 is 11.9 Å². The summed E-state index contributed by atoms with van der Waals surface area (Å²) in [7, 11) is 0. The Morgan fingerprint density at radius 1 is 1.18 bits per heavy atom. The number of rotatable bonds is 4. The molecule has 1 heterocycles. The van der Waals surface area contributed by atoms with E-state index in [0.29, 0.717) is 10.8 Å². The van der Waals surface area contributed by atoms with Gasteiger partial charge in [-0.3, -0.25) is 14.6 Å². The van der Waals surface area contributed by atoms with Gasteiger partial charge in [0.25, 0.3) is 5.56 Å². The number of nitrogens with one attached hydrogen (secondary N) is 2. The molecule has 1 aromatic heterocycles. The number of carbonyl (C=O) groups is 2. The third kappa shape index (κ3) is 3.49. The molecule has 2 fully saturated rings. The van der Waals surface area contributed by atoms with Gasteiger partial charge in [-0.05, 0) is 58.8 Å². The lowest BCUT2D eigenvalue weighted by Gasteiger charge is -2.38. The summed E-state index contributed by atoms with van der Waals surface area (Å²) in [6, 6.07) is -1.20. The highest BCUT2D eigenvalue weighted by atomic mass is 19.1. The minimum Gasteiger partial charge on any atom is -0.338 e. The van der Waals surface area contributed by atoms with E-state index in [1.807, 2.05) is 32.6 Å². The zero-order chi connectivity index (χ0) is 20.7. The lowest BCUT2D eigenvalue weighted by molar-refractivity contribution is -0.141. The number of halogens is 1. The molecule has 0 radical (unpaired) electrons. The van der Waals surface area contributed by atoms with Gasteiger partial charge in [0.15, 0.2) is 0 Å². The standard InChI is InChI=1S/C19H27FN4O4/c1-9(2)24(10(3)4)17(26)14-11-5-6-12(7-11)15(14)21-18(27)23-8-13(20)16(25)22-19(23)28/h8-12,14-15H,5-7H2,1-4H3,(H,21,27)(H,22,25,28).